The van der Waals surface area contributed by atoms with Crippen molar-refractivity contribution in [1.29, 1.82) is 0 Å². The van der Waals surface area contributed by atoms with Gasteiger partial charge in [0.25, 0.3) is 0 Å². The Bertz CT molecular complexity index is 4470. The van der Waals surface area contributed by atoms with Gasteiger partial charge in [-0.25, -0.2) is 0 Å². The fraction of sp³-hybridized carbons (Fsp3) is 0.0909. The van der Waals surface area contributed by atoms with E-state index in [9.17, 15) is 0 Å². The molecule has 1 aromatic heterocycles. The molecular weight excluding hydrogens is 969 g/mol. The van der Waals surface area contributed by atoms with Crippen LogP contribution in [0.25, 0.3) is 67.2 Å². The van der Waals surface area contributed by atoms with E-state index in [1.807, 2.05) is 0 Å². The van der Waals surface area contributed by atoms with Gasteiger partial charge in [-0.1, -0.05) is 234 Å². The van der Waals surface area contributed by atoms with E-state index >= 15 is 0 Å². The molecule has 3 heteroatoms. The Hall–Kier alpha value is -9.70. The van der Waals surface area contributed by atoms with Gasteiger partial charge in [-0.15, -0.1) is 0 Å². The zero-order chi connectivity index (χ0) is 53.5. The molecule has 0 fully saturated rings. The van der Waals surface area contributed by atoms with Gasteiger partial charge in [0, 0.05) is 67.1 Å². The summed E-state index contributed by atoms with van der Waals surface area (Å²) in [7, 11) is 0. The molecule has 3 nitrogen and oxygen atoms in total. The van der Waals surface area contributed by atoms with Crippen LogP contribution in [-0.4, -0.2) is 0 Å². The van der Waals surface area contributed by atoms with Crippen molar-refractivity contribution < 1.29 is 4.42 Å². The molecule has 80 heavy (non-hydrogen) atoms. The fourth-order valence-corrected chi connectivity index (χ4v) is 14.7. The van der Waals surface area contributed by atoms with Crippen molar-refractivity contribution in [3.63, 3.8) is 0 Å². The molecule has 11 aromatic carbocycles. The predicted molar refractivity (Wildman–Crippen MR) is 330 cm³/mol. The van der Waals surface area contributed by atoms with Crippen LogP contribution in [0.4, 0.5) is 34.1 Å². The fourth-order valence-electron chi connectivity index (χ4n) is 14.7. The molecule has 0 aliphatic heterocycles. The zero-order valence-corrected chi connectivity index (χ0v) is 45.2. The van der Waals surface area contributed by atoms with Gasteiger partial charge in [0.15, 0.2) is 0 Å². The van der Waals surface area contributed by atoms with Crippen molar-refractivity contribution in [2.45, 2.75) is 43.9 Å². The van der Waals surface area contributed by atoms with E-state index in [0.717, 1.165) is 62.3 Å². The van der Waals surface area contributed by atoms with Crippen LogP contribution in [-0.2, 0) is 16.2 Å². The third kappa shape index (κ3) is 6.37. The molecular formula is C77H56N2O. The minimum absolute atomic E-state index is 0.197. The smallest absolute Gasteiger partial charge is 0.142 e. The first-order valence-corrected chi connectivity index (χ1v) is 28.1. The lowest BCUT2D eigenvalue weighted by atomic mass is 9.69. The number of rotatable bonds is 8. The molecule has 0 radical (unpaired) electrons. The van der Waals surface area contributed by atoms with Crippen molar-refractivity contribution in [3.05, 3.63) is 311 Å². The monoisotopic (exact) mass is 1020 g/mol. The maximum absolute atomic E-state index is 7.54. The molecule has 4 aliphatic rings. The normalized spacial score (nSPS) is 15.8. The lowest BCUT2D eigenvalue weighted by Crippen LogP contribution is -2.29. The summed E-state index contributed by atoms with van der Waals surface area (Å²) in [6.07, 6.45) is 0. The predicted octanol–water partition coefficient (Wildman–Crippen LogP) is 20.5. The molecule has 0 N–H and O–H groups in total. The Morgan fingerprint density at radius 2 is 0.675 bits per heavy atom. The molecule has 12 aromatic rings. The first kappa shape index (κ1) is 46.4. The number of nitrogens with zero attached hydrogens (tertiary/aromatic N) is 2. The van der Waals surface area contributed by atoms with Crippen LogP contribution < -0.4 is 9.80 Å². The second-order valence-electron chi connectivity index (χ2n) is 23.1. The zero-order valence-electron chi connectivity index (χ0n) is 45.2. The van der Waals surface area contributed by atoms with E-state index < -0.39 is 5.41 Å². The SMILES string of the molecule is CC1(C)c2ccccc2-c2ccc(N(c3ccccc3)c3cc4c(c(N(c5ccccc5)c5ccc6c(c5)C(C)(C)c5ccccc5-6)c3)C3(c5ccccc5-4)c4ccccc4-c4c(-c5ccccc5)oc(-c5ccccc5)c43)cc21. The summed E-state index contributed by atoms with van der Waals surface area (Å²) < 4.78 is 7.54. The Balaban J connectivity index is 1.05. The molecule has 16 rings (SSSR count). The molecule has 1 heterocycles. The van der Waals surface area contributed by atoms with Crippen LogP contribution in [0.1, 0.15) is 72.2 Å². The van der Waals surface area contributed by atoms with Crippen LogP contribution in [0.3, 0.4) is 0 Å². The van der Waals surface area contributed by atoms with Crippen molar-refractivity contribution in [3.8, 4) is 67.2 Å². The Morgan fingerprint density at radius 3 is 1.21 bits per heavy atom. The van der Waals surface area contributed by atoms with E-state index in [1.54, 1.807) is 0 Å². The van der Waals surface area contributed by atoms with Crippen molar-refractivity contribution in [2.24, 2.45) is 0 Å². The highest BCUT2D eigenvalue weighted by atomic mass is 16.3. The maximum Gasteiger partial charge on any atom is 0.142 e. The van der Waals surface area contributed by atoms with Gasteiger partial charge in [0.05, 0.1) is 11.1 Å². The Morgan fingerprint density at radius 1 is 0.275 bits per heavy atom. The van der Waals surface area contributed by atoms with Gasteiger partial charge in [0.1, 0.15) is 11.5 Å². The lowest BCUT2D eigenvalue weighted by molar-refractivity contribution is 0.588. The van der Waals surface area contributed by atoms with Gasteiger partial charge < -0.3 is 14.2 Å². The lowest BCUT2D eigenvalue weighted by Gasteiger charge is -2.37. The summed E-state index contributed by atoms with van der Waals surface area (Å²) in [6.45, 7) is 9.53. The minimum Gasteiger partial charge on any atom is -0.455 e. The van der Waals surface area contributed by atoms with E-state index in [2.05, 4.69) is 304 Å². The molecule has 1 spiro atoms. The topological polar surface area (TPSA) is 19.6 Å². The largest absolute Gasteiger partial charge is 0.455 e. The van der Waals surface area contributed by atoms with Crippen LogP contribution in [0, 0.1) is 0 Å². The van der Waals surface area contributed by atoms with Crippen molar-refractivity contribution in [1.82, 2.24) is 0 Å². The van der Waals surface area contributed by atoms with Gasteiger partial charge in [-0.3, -0.25) is 0 Å². The molecule has 0 saturated heterocycles. The summed E-state index contributed by atoms with van der Waals surface area (Å²) in [4.78, 5) is 5.07. The first-order chi connectivity index (χ1) is 39.2. The summed E-state index contributed by atoms with van der Waals surface area (Å²) in [6, 6.07) is 99.2. The number of benzene rings is 11. The Labute approximate surface area is 468 Å². The van der Waals surface area contributed by atoms with Gasteiger partial charge >= 0.3 is 0 Å². The highest BCUT2D eigenvalue weighted by molar-refractivity contribution is 6.06. The standard InChI is InChI=1S/C77H56N2O/c1-75(2)63-37-21-17-33-56(63)59-43-41-53(46-67(59)75)78(51-29-13-7-14-30-51)55-45-62-58-35-19-23-39-65(58)77(66-40-24-20-36-61(66)70-72(77)74(50-27-11-6-12-28-50)80-73(70)49-25-9-5-10-26-49)71(62)69(48-55)79(52-31-15-8-16-32-52)54-42-44-60-57-34-18-22-38-64(57)76(3,4)68(60)47-54/h5-48H,1-4H3. The molecule has 0 bridgehead atoms. The van der Waals surface area contributed by atoms with E-state index in [4.69, 9.17) is 4.42 Å². The van der Waals surface area contributed by atoms with Crippen LogP contribution in [0.5, 0.6) is 0 Å². The van der Waals surface area contributed by atoms with E-state index in [1.165, 1.54) is 83.5 Å². The number of anilines is 6. The number of hydrogen-bond acceptors (Lipinski definition) is 3. The van der Waals surface area contributed by atoms with Crippen molar-refractivity contribution >= 4 is 34.1 Å². The summed E-state index contributed by atoms with van der Waals surface area (Å²) in [5, 5.41) is 0. The van der Waals surface area contributed by atoms with Gasteiger partial charge in [0.2, 0.25) is 0 Å². The number of hydrogen-bond donors (Lipinski definition) is 0. The number of furan rings is 1. The first-order valence-electron chi connectivity index (χ1n) is 28.1. The third-order valence-electron chi connectivity index (χ3n) is 18.2. The second-order valence-corrected chi connectivity index (χ2v) is 23.1. The molecule has 4 aliphatic carbocycles. The average Bonchev–Trinajstić information content (AvgIpc) is 4.21. The van der Waals surface area contributed by atoms with Crippen LogP contribution >= 0.6 is 0 Å². The maximum atomic E-state index is 7.54. The number of fused-ring (bicyclic) bond motifs is 16. The van der Waals surface area contributed by atoms with Crippen molar-refractivity contribution in [2.75, 3.05) is 9.80 Å². The summed E-state index contributed by atoms with van der Waals surface area (Å²) in [5.41, 5.74) is 27.5. The quantitative estimate of drug-likeness (QED) is 0.151. The second kappa shape index (κ2) is 17.1. The Kier molecular flexibility index (Phi) is 9.95. The molecule has 0 amide bonds. The van der Waals surface area contributed by atoms with E-state index in [-0.39, 0.29) is 10.8 Å². The van der Waals surface area contributed by atoms with Gasteiger partial charge in [-0.05, 0) is 133 Å². The minimum atomic E-state index is -0.840. The summed E-state index contributed by atoms with van der Waals surface area (Å²) in [5.74, 6) is 1.76. The molecule has 0 saturated carbocycles. The molecule has 1 unspecified atom stereocenters. The molecule has 380 valence electrons. The highest BCUT2D eigenvalue weighted by Crippen LogP contribution is 2.70. The average molecular weight is 1030 g/mol. The number of para-hydroxylation sites is 2. The third-order valence-corrected chi connectivity index (χ3v) is 18.2. The van der Waals surface area contributed by atoms with Gasteiger partial charge in [-0.2, -0.15) is 0 Å². The molecule has 1 atom stereocenters. The highest BCUT2D eigenvalue weighted by Gasteiger charge is 2.57. The van der Waals surface area contributed by atoms with Crippen LogP contribution in [0.2, 0.25) is 0 Å². The van der Waals surface area contributed by atoms with E-state index in [0.29, 0.717) is 0 Å². The van der Waals surface area contributed by atoms with Crippen LogP contribution in [0.15, 0.2) is 271 Å². The summed E-state index contributed by atoms with van der Waals surface area (Å²) >= 11 is 0.